The second-order valence-electron chi connectivity index (χ2n) is 6.87. The third kappa shape index (κ3) is 3.73. The van der Waals surface area contributed by atoms with E-state index in [9.17, 15) is 18.0 Å². The fourth-order valence-corrected chi connectivity index (χ4v) is 4.88. The number of likely N-dealkylation sites (N-methyl/N-ethyl adjacent to an activating group) is 1. The normalized spacial score (nSPS) is 15.8. The first-order valence-electron chi connectivity index (χ1n) is 8.81. The standard InChI is InChI=1S/C20H22N2O5S/c1-14-11-15-7-4-5-10-18(15)22(14)28(25,26)17-9-6-8-16(12-17)20(24)27-13-19(23)21(2)3/h4-10,12,14H,11,13H2,1-3H3/t14-/m0/s1. The van der Waals surface area contributed by atoms with E-state index in [4.69, 9.17) is 4.74 Å². The highest BCUT2D eigenvalue weighted by Gasteiger charge is 2.36. The summed E-state index contributed by atoms with van der Waals surface area (Å²) < 4.78 is 32.9. The van der Waals surface area contributed by atoms with Crippen LogP contribution in [0.1, 0.15) is 22.8 Å². The first kappa shape index (κ1) is 19.9. The molecule has 1 aliphatic rings. The highest BCUT2D eigenvalue weighted by molar-refractivity contribution is 7.92. The van der Waals surface area contributed by atoms with E-state index < -0.39 is 22.6 Å². The van der Waals surface area contributed by atoms with Crippen molar-refractivity contribution in [3.63, 3.8) is 0 Å². The quantitative estimate of drug-likeness (QED) is 0.715. The molecule has 1 heterocycles. The van der Waals surface area contributed by atoms with Crippen LogP contribution in [0, 0.1) is 0 Å². The Morgan fingerprint density at radius 3 is 2.57 bits per heavy atom. The number of benzene rings is 2. The van der Waals surface area contributed by atoms with Crippen LogP contribution < -0.4 is 4.31 Å². The molecule has 0 aromatic heterocycles. The molecule has 0 fully saturated rings. The molecule has 0 bridgehead atoms. The van der Waals surface area contributed by atoms with Gasteiger partial charge in [0.2, 0.25) is 0 Å². The summed E-state index contributed by atoms with van der Waals surface area (Å²) in [6.07, 6.45) is 0.629. The van der Waals surface area contributed by atoms with E-state index in [-0.39, 0.29) is 22.4 Å². The zero-order chi connectivity index (χ0) is 20.5. The van der Waals surface area contributed by atoms with Crippen molar-refractivity contribution in [2.75, 3.05) is 25.0 Å². The van der Waals surface area contributed by atoms with Gasteiger partial charge >= 0.3 is 5.97 Å². The number of rotatable bonds is 5. The summed E-state index contributed by atoms with van der Waals surface area (Å²) in [5, 5.41) is 0. The summed E-state index contributed by atoms with van der Waals surface area (Å²) in [6, 6.07) is 12.8. The first-order valence-corrected chi connectivity index (χ1v) is 10.3. The lowest BCUT2D eigenvalue weighted by Gasteiger charge is -2.24. The van der Waals surface area contributed by atoms with Crippen molar-refractivity contribution in [1.29, 1.82) is 0 Å². The van der Waals surface area contributed by atoms with E-state index in [1.807, 2.05) is 19.1 Å². The Kier molecular flexibility index (Phi) is 5.42. The number of carbonyl (C=O) groups is 2. The van der Waals surface area contributed by atoms with Gasteiger partial charge in [0.25, 0.3) is 15.9 Å². The summed E-state index contributed by atoms with van der Waals surface area (Å²) in [5.41, 5.74) is 1.70. The molecule has 148 valence electrons. The summed E-state index contributed by atoms with van der Waals surface area (Å²) in [4.78, 5) is 25.1. The fraction of sp³-hybridized carbons (Fsp3) is 0.300. The van der Waals surface area contributed by atoms with Gasteiger partial charge in [0.15, 0.2) is 6.61 Å². The van der Waals surface area contributed by atoms with E-state index >= 15 is 0 Å². The minimum absolute atomic E-state index is 0.00411. The van der Waals surface area contributed by atoms with Gasteiger partial charge in [-0.2, -0.15) is 0 Å². The molecule has 1 aliphatic heterocycles. The molecule has 0 spiro atoms. The number of carbonyl (C=O) groups excluding carboxylic acids is 2. The number of fused-ring (bicyclic) bond motifs is 1. The molecule has 2 aromatic rings. The van der Waals surface area contributed by atoms with E-state index in [0.29, 0.717) is 12.1 Å². The largest absolute Gasteiger partial charge is 0.452 e. The summed E-state index contributed by atoms with van der Waals surface area (Å²) in [6.45, 7) is 1.45. The maximum absolute atomic E-state index is 13.3. The maximum atomic E-state index is 13.3. The average Bonchev–Trinajstić information content (AvgIpc) is 3.02. The fourth-order valence-electron chi connectivity index (χ4n) is 3.14. The van der Waals surface area contributed by atoms with Crippen molar-refractivity contribution < 1.29 is 22.7 Å². The lowest BCUT2D eigenvalue weighted by atomic mass is 10.1. The molecule has 0 saturated carbocycles. The van der Waals surface area contributed by atoms with Gasteiger partial charge < -0.3 is 9.64 Å². The Morgan fingerprint density at radius 2 is 1.86 bits per heavy atom. The molecule has 8 heteroatoms. The SMILES string of the molecule is C[C@H]1Cc2ccccc2N1S(=O)(=O)c1cccc(C(=O)OCC(=O)N(C)C)c1. The lowest BCUT2D eigenvalue weighted by molar-refractivity contribution is -0.131. The third-order valence-electron chi connectivity index (χ3n) is 4.60. The van der Waals surface area contributed by atoms with Gasteiger partial charge in [0.05, 0.1) is 16.1 Å². The number of ether oxygens (including phenoxy) is 1. The van der Waals surface area contributed by atoms with Crippen molar-refractivity contribution in [2.45, 2.75) is 24.3 Å². The van der Waals surface area contributed by atoms with Crippen LogP contribution in [0.4, 0.5) is 5.69 Å². The average molecular weight is 402 g/mol. The smallest absolute Gasteiger partial charge is 0.338 e. The van der Waals surface area contributed by atoms with Gasteiger partial charge in [-0.3, -0.25) is 9.10 Å². The van der Waals surface area contributed by atoms with Gasteiger partial charge in [0, 0.05) is 20.1 Å². The first-order chi connectivity index (χ1) is 13.2. The number of sulfonamides is 1. The summed E-state index contributed by atoms with van der Waals surface area (Å²) >= 11 is 0. The Balaban J connectivity index is 1.87. The monoisotopic (exact) mass is 402 g/mol. The molecule has 0 N–H and O–H groups in total. The molecule has 3 rings (SSSR count). The van der Waals surface area contributed by atoms with E-state index in [1.165, 1.54) is 33.5 Å². The second-order valence-corrected chi connectivity index (χ2v) is 8.69. The van der Waals surface area contributed by atoms with Crippen molar-refractivity contribution >= 4 is 27.6 Å². The third-order valence-corrected chi connectivity index (χ3v) is 6.52. The lowest BCUT2D eigenvalue weighted by Crippen LogP contribution is -2.35. The molecule has 1 amide bonds. The molecule has 0 unspecified atom stereocenters. The summed E-state index contributed by atoms with van der Waals surface area (Å²) in [7, 11) is -0.744. The van der Waals surface area contributed by atoms with E-state index in [0.717, 1.165) is 5.56 Å². The predicted molar refractivity (Wildman–Crippen MR) is 105 cm³/mol. The number of anilines is 1. The Labute approximate surface area is 164 Å². The molecule has 1 atom stereocenters. The zero-order valence-electron chi connectivity index (χ0n) is 16.0. The topological polar surface area (TPSA) is 84.0 Å². The van der Waals surface area contributed by atoms with Crippen LogP contribution in [0.2, 0.25) is 0 Å². The highest BCUT2D eigenvalue weighted by Crippen LogP contribution is 2.36. The number of nitrogens with zero attached hydrogens (tertiary/aromatic N) is 2. The zero-order valence-corrected chi connectivity index (χ0v) is 16.8. The minimum atomic E-state index is -3.85. The van der Waals surface area contributed by atoms with Crippen molar-refractivity contribution in [2.24, 2.45) is 0 Å². The number of para-hydroxylation sites is 1. The van der Waals surface area contributed by atoms with Crippen LogP contribution in [0.3, 0.4) is 0 Å². The Morgan fingerprint density at radius 1 is 1.14 bits per heavy atom. The van der Waals surface area contributed by atoms with Gasteiger partial charge in [-0.05, 0) is 43.2 Å². The van der Waals surface area contributed by atoms with Crippen LogP contribution in [0.15, 0.2) is 53.4 Å². The van der Waals surface area contributed by atoms with Crippen LogP contribution in [-0.2, 0) is 26.0 Å². The second kappa shape index (κ2) is 7.63. The van der Waals surface area contributed by atoms with Crippen molar-refractivity contribution in [3.05, 3.63) is 59.7 Å². The van der Waals surface area contributed by atoms with Gasteiger partial charge in [-0.15, -0.1) is 0 Å². The van der Waals surface area contributed by atoms with Gasteiger partial charge in [-0.25, -0.2) is 13.2 Å². The van der Waals surface area contributed by atoms with Crippen molar-refractivity contribution in [1.82, 2.24) is 4.90 Å². The molecule has 2 aromatic carbocycles. The number of esters is 1. The van der Waals surface area contributed by atoms with Crippen LogP contribution >= 0.6 is 0 Å². The van der Waals surface area contributed by atoms with E-state index in [1.54, 1.807) is 26.2 Å². The highest BCUT2D eigenvalue weighted by atomic mass is 32.2. The van der Waals surface area contributed by atoms with Gasteiger partial charge in [-0.1, -0.05) is 24.3 Å². The number of amides is 1. The maximum Gasteiger partial charge on any atom is 0.338 e. The Hall–Kier alpha value is -2.87. The molecule has 7 nitrogen and oxygen atoms in total. The molecule has 0 radical (unpaired) electrons. The Bertz CT molecular complexity index is 1020. The predicted octanol–water partition coefficient (Wildman–Crippen LogP) is 2.07. The molecule has 28 heavy (non-hydrogen) atoms. The number of hydrogen-bond donors (Lipinski definition) is 0. The minimum Gasteiger partial charge on any atom is -0.452 e. The van der Waals surface area contributed by atoms with Crippen LogP contribution in [-0.4, -0.2) is 51.9 Å². The van der Waals surface area contributed by atoms with E-state index in [2.05, 4.69) is 0 Å². The van der Waals surface area contributed by atoms with Crippen LogP contribution in [0.25, 0.3) is 0 Å². The van der Waals surface area contributed by atoms with Crippen molar-refractivity contribution in [3.8, 4) is 0 Å². The number of hydrogen-bond acceptors (Lipinski definition) is 5. The van der Waals surface area contributed by atoms with Crippen LogP contribution in [0.5, 0.6) is 0 Å². The molecular weight excluding hydrogens is 380 g/mol. The summed E-state index contributed by atoms with van der Waals surface area (Å²) in [5.74, 6) is -1.11. The molecular formula is C20H22N2O5S. The van der Waals surface area contributed by atoms with Gasteiger partial charge in [0.1, 0.15) is 0 Å². The molecule has 0 aliphatic carbocycles. The molecule has 0 saturated heterocycles.